The Morgan fingerprint density at radius 3 is 2.47 bits per heavy atom. The third kappa shape index (κ3) is 7.08. The van der Waals surface area contributed by atoms with Crippen molar-refractivity contribution in [3.05, 3.63) is 99.8 Å². The van der Waals surface area contributed by atoms with Gasteiger partial charge in [-0.05, 0) is 79.6 Å². The molecule has 1 heterocycles. The Bertz CT molecular complexity index is 1730. The molecule has 0 spiro atoms. The number of fused-ring (bicyclic) bond motifs is 1. The molecule has 5 rings (SSSR count). The summed E-state index contributed by atoms with van der Waals surface area (Å²) in [5, 5.41) is 20.9. The number of phenolic OH excluding ortho intramolecular Hbond substituents is 1. The normalized spacial score (nSPS) is 15.1. The molecule has 1 aliphatic rings. The van der Waals surface area contributed by atoms with E-state index in [0.717, 1.165) is 37.3 Å². The molecule has 10 heteroatoms. The van der Waals surface area contributed by atoms with Crippen molar-refractivity contribution in [1.29, 1.82) is 0 Å². The van der Waals surface area contributed by atoms with E-state index in [9.17, 15) is 23.4 Å². The van der Waals surface area contributed by atoms with Crippen molar-refractivity contribution in [2.24, 2.45) is 0 Å². The fourth-order valence-electron chi connectivity index (χ4n) is 5.67. The number of aromatic nitrogens is 1. The highest BCUT2D eigenvalue weighted by molar-refractivity contribution is 7.92. The van der Waals surface area contributed by atoms with Gasteiger partial charge in [0, 0.05) is 17.0 Å². The average molecular weight is 612 g/mol. The van der Waals surface area contributed by atoms with E-state index in [2.05, 4.69) is 4.98 Å². The number of rotatable bonds is 12. The molecule has 7 nitrogen and oxygen atoms in total. The van der Waals surface area contributed by atoms with Crippen LogP contribution in [0.5, 0.6) is 11.5 Å². The largest absolute Gasteiger partial charge is 0.506 e. The first-order chi connectivity index (χ1) is 20.5. The molecule has 1 aromatic heterocycles. The lowest BCUT2D eigenvalue weighted by Gasteiger charge is -2.19. The molecule has 4 aromatic rings. The number of aromatic hydroxyl groups is 1. The first-order valence-electron chi connectivity index (χ1n) is 14.5. The number of H-pyrrole nitrogens is 1. The van der Waals surface area contributed by atoms with Crippen molar-refractivity contribution >= 4 is 20.7 Å². The molecule has 1 aliphatic carbocycles. The topological polar surface area (TPSA) is 117 Å². The Hall–Kier alpha value is -3.76. The summed E-state index contributed by atoms with van der Waals surface area (Å²) in [7, 11) is -3.64. The van der Waals surface area contributed by atoms with Crippen molar-refractivity contribution in [2.45, 2.75) is 73.5 Å². The smallest absolute Gasteiger partial charge is 0.306 e. The molecule has 0 aliphatic heterocycles. The maximum absolute atomic E-state index is 15.0. The van der Waals surface area contributed by atoms with Gasteiger partial charge in [0.25, 0.3) is 0 Å². The van der Waals surface area contributed by atoms with E-state index in [4.69, 9.17) is 4.74 Å². The zero-order valence-electron chi connectivity index (χ0n) is 23.6. The van der Waals surface area contributed by atoms with Gasteiger partial charge in [-0.2, -0.15) is 8.78 Å². The SMILES string of the molecule is O=c1ccc2c(C(O)CCCCc3ccc(OCC(F)(F)c4cccc(S(=O)(=O)C5CCCC5)c4)cc3)ccc(O)c2[nH]1. The van der Waals surface area contributed by atoms with Crippen LogP contribution in [0, 0.1) is 0 Å². The Balaban J connectivity index is 1.12. The summed E-state index contributed by atoms with van der Waals surface area (Å²) in [5.74, 6) is -3.15. The molecule has 0 amide bonds. The Labute approximate surface area is 249 Å². The predicted molar refractivity (Wildman–Crippen MR) is 160 cm³/mol. The first-order valence-corrected chi connectivity index (χ1v) is 16.1. The second-order valence-electron chi connectivity index (χ2n) is 11.2. The van der Waals surface area contributed by atoms with Gasteiger partial charge in [0.05, 0.1) is 21.8 Å². The van der Waals surface area contributed by atoms with E-state index < -0.39 is 33.7 Å². The van der Waals surface area contributed by atoms with E-state index in [1.165, 1.54) is 30.3 Å². The summed E-state index contributed by atoms with van der Waals surface area (Å²) in [6.07, 6.45) is 4.71. The minimum absolute atomic E-state index is 0.0565. The van der Waals surface area contributed by atoms with E-state index in [0.29, 0.717) is 42.1 Å². The highest BCUT2D eigenvalue weighted by atomic mass is 32.2. The second kappa shape index (κ2) is 12.9. The van der Waals surface area contributed by atoms with Crippen molar-refractivity contribution in [3.63, 3.8) is 0 Å². The minimum atomic E-state index is -3.64. The number of ether oxygens (including phenoxy) is 1. The van der Waals surface area contributed by atoms with Crippen LogP contribution in [0.25, 0.3) is 10.9 Å². The van der Waals surface area contributed by atoms with E-state index in [1.54, 1.807) is 24.3 Å². The van der Waals surface area contributed by atoms with E-state index >= 15 is 8.78 Å². The lowest BCUT2D eigenvalue weighted by molar-refractivity contribution is -0.0468. The van der Waals surface area contributed by atoms with Crippen LogP contribution in [0.3, 0.4) is 0 Å². The van der Waals surface area contributed by atoms with Crippen LogP contribution >= 0.6 is 0 Å². The van der Waals surface area contributed by atoms with Crippen LogP contribution in [-0.4, -0.2) is 35.5 Å². The number of hydrogen-bond acceptors (Lipinski definition) is 6. The standard InChI is InChI=1S/C33H35F2NO6S/c34-33(35,23-7-5-10-26(20-23)43(40,41)25-8-2-3-9-25)21-42-24-14-12-22(13-15-24)6-1-4-11-29(37)27-16-18-30(38)32-28(27)17-19-31(39)36-32/h5,7,10,12-20,25,29,37-38H,1-4,6,8-9,11,21H2,(H,36,39). The Kier molecular flexibility index (Phi) is 9.17. The lowest BCUT2D eigenvalue weighted by atomic mass is 9.97. The lowest BCUT2D eigenvalue weighted by Crippen LogP contribution is -2.24. The monoisotopic (exact) mass is 611 g/mol. The van der Waals surface area contributed by atoms with Crippen LogP contribution < -0.4 is 10.3 Å². The zero-order chi connectivity index (χ0) is 30.6. The summed E-state index contributed by atoms with van der Waals surface area (Å²) in [4.78, 5) is 14.1. The maximum Gasteiger partial charge on any atom is 0.306 e. The third-order valence-electron chi connectivity index (χ3n) is 8.13. The Morgan fingerprint density at radius 1 is 0.977 bits per heavy atom. The molecule has 1 unspecified atom stereocenters. The van der Waals surface area contributed by atoms with Crippen LogP contribution in [0.4, 0.5) is 8.78 Å². The average Bonchev–Trinajstić information content (AvgIpc) is 3.56. The quantitative estimate of drug-likeness (QED) is 0.156. The molecule has 0 radical (unpaired) electrons. The highest BCUT2D eigenvalue weighted by Gasteiger charge is 2.36. The fraction of sp³-hybridized carbons (Fsp3) is 0.364. The third-order valence-corrected chi connectivity index (χ3v) is 10.4. The molecule has 1 saturated carbocycles. The summed E-state index contributed by atoms with van der Waals surface area (Å²) in [5.41, 5.74) is 1.19. The number of aryl methyl sites for hydroxylation is 1. The summed E-state index contributed by atoms with van der Waals surface area (Å²) >= 11 is 0. The number of phenols is 1. The second-order valence-corrected chi connectivity index (χ2v) is 13.4. The molecule has 3 aromatic carbocycles. The van der Waals surface area contributed by atoms with Gasteiger partial charge in [-0.1, -0.05) is 49.6 Å². The van der Waals surface area contributed by atoms with Gasteiger partial charge in [0.15, 0.2) is 16.4 Å². The number of benzene rings is 3. The van der Waals surface area contributed by atoms with Crippen LogP contribution in [0.15, 0.2) is 82.5 Å². The number of aliphatic hydroxyl groups is 1. The summed E-state index contributed by atoms with van der Waals surface area (Å²) in [6.45, 7) is -0.920. The van der Waals surface area contributed by atoms with Crippen LogP contribution in [0.2, 0.25) is 0 Å². The number of aliphatic hydroxyl groups excluding tert-OH is 1. The molecule has 228 valence electrons. The first kappa shape index (κ1) is 30.7. The number of nitrogens with one attached hydrogen (secondary N) is 1. The molecule has 1 fully saturated rings. The van der Waals surface area contributed by atoms with Crippen molar-refractivity contribution < 1.29 is 32.1 Å². The van der Waals surface area contributed by atoms with Crippen molar-refractivity contribution in [3.8, 4) is 11.5 Å². The van der Waals surface area contributed by atoms with E-state index in [-0.39, 0.29) is 27.5 Å². The number of unbranched alkanes of at least 4 members (excludes halogenated alkanes) is 1. The minimum Gasteiger partial charge on any atom is -0.506 e. The Morgan fingerprint density at radius 2 is 1.72 bits per heavy atom. The fourth-order valence-corrected chi connectivity index (χ4v) is 7.57. The number of alkyl halides is 2. The molecule has 0 bridgehead atoms. The van der Waals surface area contributed by atoms with Gasteiger partial charge >= 0.3 is 5.92 Å². The van der Waals surface area contributed by atoms with Gasteiger partial charge in [0.1, 0.15) is 11.5 Å². The molecule has 43 heavy (non-hydrogen) atoms. The van der Waals surface area contributed by atoms with Gasteiger partial charge in [0.2, 0.25) is 5.56 Å². The van der Waals surface area contributed by atoms with Crippen LogP contribution in [0.1, 0.15) is 67.7 Å². The maximum atomic E-state index is 15.0. The summed E-state index contributed by atoms with van der Waals surface area (Å²) in [6, 6.07) is 18.0. The van der Waals surface area contributed by atoms with Crippen molar-refractivity contribution in [1.82, 2.24) is 4.98 Å². The number of hydrogen-bond donors (Lipinski definition) is 3. The van der Waals surface area contributed by atoms with Gasteiger partial charge in [-0.25, -0.2) is 8.42 Å². The molecule has 1 atom stereocenters. The van der Waals surface area contributed by atoms with Gasteiger partial charge in [-0.3, -0.25) is 4.79 Å². The van der Waals surface area contributed by atoms with Crippen LogP contribution in [-0.2, 0) is 22.2 Å². The number of halogens is 2. The zero-order valence-corrected chi connectivity index (χ0v) is 24.5. The van der Waals surface area contributed by atoms with Crippen molar-refractivity contribution in [2.75, 3.05) is 6.61 Å². The molecule has 3 N–H and O–H groups in total. The number of pyridine rings is 1. The highest BCUT2D eigenvalue weighted by Crippen LogP contribution is 2.35. The molecule has 0 saturated heterocycles. The predicted octanol–water partition coefficient (Wildman–Crippen LogP) is 6.57. The van der Waals surface area contributed by atoms with E-state index in [1.807, 2.05) is 12.1 Å². The van der Waals surface area contributed by atoms with Gasteiger partial charge in [-0.15, -0.1) is 0 Å². The number of sulfone groups is 1. The van der Waals surface area contributed by atoms with Gasteiger partial charge < -0.3 is 19.9 Å². The number of aromatic amines is 1. The molecular weight excluding hydrogens is 576 g/mol. The molecular formula is C33H35F2NO6S. The summed E-state index contributed by atoms with van der Waals surface area (Å²) < 4.78 is 61.2.